The molecule has 7 nitrogen and oxygen atoms in total. The SMILES string of the molecule is COCc1nc(-c2ccc3c(c2)CC[C@H]3NC(=O)N2CCCCCC2)no1. The van der Waals surface area contributed by atoms with Crippen molar-refractivity contribution in [2.24, 2.45) is 0 Å². The maximum atomic E-state index is 12.6. The highest BCUT2D eigenvalue weighted by Gasteiger charge is 2.26. The van der Waals surface area contributed by atoms with E-state index in [9.17, 15) is 4.79 Å². The van der Waals surface area contributed by atoms with Gasteiger partial charge in [-0.15, -0.1) is 0 Å². The predicted molar refractivity (Wildman–Crippen MR) is 100 cm³/mol. The highest BCUT2D eigenvalue weighted by molar-refractivity contribution is 5.75. The van der Waals surface area contributed by atoms with Crippen LogP contribution in [0.3, 0.4) is 0 Å². The molecule has 0 bridgehead atoms. The third-order valence-corrected chi connectivity index (χ3v) is 5.41. The summed E-state index contributed by atoms with van der Waals surface area (Å²) in [5.74, 6) is 1.04. The third-order valence-electron chi connectivity index (χ3n) is 5.41. The van der Waals surface area contributed by atoms with Gasteiger partial charge >= 0.3 is 6.03 Å². The Labute approximate surface area is 159 Å². The molecular formula is C20H26N4O3. The zero-order valence-electron chi connectivity index (χ0n) is 15.7. The number of carbonyl (C=O) groups is 1. The third kappa shape index (κ3) is 3.98. The number of urea groups is 1. The van der Waals surface area contributed by atoms with Crippen LogP contribution in [0.1, 0.15) is 55.2 Å². The number of rotatable bonds is 4. The lowest BCUT2D eigenvalue weighted by molar-refractivity contribution is 0.151. The highest BCUT2D eigenvalue weighted by Crippen LogP contribution is 2.34. The normalized spacial score (nSPS) is 19.6. The number of amides is 2. The van der Waals surface area contributed by atoms with Gasteiger partial charge in [-0.2, -0.15) is 4.98 Å². The van der Waals surface area contributed by atoms with E-state index >= 15 is 0 Å². The largest absolute Gasteiger partial charge is 0.375 e. The average Bonchev–Trinajstić information content (AvgIpc) is 3.20. The van der Waals surface area contributed by atoms with Crippen LogP contribution < -0.4 is 5.32 Å². The number of carbonyl (C=O) groups excluding carboxylic acids is 1. The van der Waals surface area contributed by atoms with Crippen LogP contribution in [-0.4, -0.2) is 41.3 Å². The number of hydrogen-bond acceptors (Lipinski definition) is 5. The van der Waals surface area contributed by atoms with E-state index in [1.54, 1.807) is 7.11 Å². The number of fused-ring (bicyclic) bond motifs is 1. The molecule has 27 heavy (non-hydrogen) atoms. The zero-order chi connectivity index (χ0) is 18.6. The van der Waals surface area contributed by atoms with Gasteiger partial charge in [0.2, 0.25) is 5.82 Å². The van der Waals surface area contributed by atoms with E-state index in [1.165, 1.54) is 24.0 Å². The summed E-state index contributed by atoms with van der Waals surface area (Å²) in [7, 11) is 1.60. The average molecular weight is 370 g/mol. The molecule has 1 N–H and O–H groups in total. The minimum absolute atomic E-state index is 0.0706. The Hall–Kier alpha value is -2.41. The molecule has 0 saturated carbocycles. The second-order valence-electron chi connectivity index (χ2n) is 7.30. The molecule has 7 heteroatoms. The molecule has 2 heterocycles. The number of nitrogens with zero attached hydrogens (tertiary/aromatic N) is 3. The molecule has 1 aliphatic heterocycles. The molecule has 4 rings (SSSR count). The molecule has 1 aromatic heterocycles. The topological polar surface area (TPSA) is 80.5 Å². The summed E-state index contributed by atoms with van der Waals surface area (Å²) in [6, 6.07) is 6.34. The fourth-order valence-corrected chi connectivity index (χ4v) is 3.97. The van der Waals surface area contributed by atoms with Gasteiger partial charge < -0.3 is 19.5 Å². The first kappa shape index (κ1) is 18.0. The van der Waals surface area contributed by atoms with E-state index in [4.69, 9.17) is 9.26 Å². The molecule has 1 atom stereocenters. The fraction of sp³-hybridized carbons (Fsp3) is 0.550. The Balaban J connectivity index is 1.45. The number of methoxy groups -OCH3 is 1. The number of aromatic nitrogens is 2. The van der Waals surface area contributed by atoms with Crippen molar-refractivity contribution in [3.8, 4) is 11.4 Å². The Kier molecular flexibility index (Phi) is 5.38. The Bertz CT molecular complexity index is 796. The Morgan fingerprint density at radius 2 is 2.11 bits per heavy atom. The standard InChI is InChI=1S/C20H26N4O3/c1-26-13-18-22-19(23-27-18)15-6-8-16-14(12-15)7-9-17(16)21-20(25)24-10-4-2-3-5-11-24/h6,8,12,17H,2-5,7,9-11,13H2,1H3,(H,21,25)/t17-/m1/s1. The summed E-state index contributed by atoms with van der Waals surface area (Å²) in [6.45, 7) is 2.04. The molecule has 1 saturated heterocycles. The van der Waals surface area contributed by atoms with E-state index in [0.29, 0.717) is 18.3 Å². The van der Waals surface area contributed by atoms with Crippen LogP contribution in [0.15, 0.2) is 22.7 Å². The van der Waals surface area contributed by atoms with Crippen LogP contribution >= 0.6 is 0 Å². The van der Waals surface area contributed by atoms with Crippen molar-refractivity contribution in [2.45, 2.75) is 51.2 Å². The van der Waals surface area contributed by atoms with Crippen LogP contribution in [0.5, 0.6) is 0 Å². The maximum Gasteiger partial charge on any atom is 0.317 e. The van der Waals surface area contributed by atoms with Gasteiger partial charge in [-0.3, -0.25) is 0 Å². The van der Waals surface area contributed by atoms with E-state index in [0.717, 1.165) is 44.3 Å². The number of ether oxygens (including phenoxy) is 1. The zero-order valence-corrected chi connectivity index (χ0v) is 15.7. The summed E-state index contributed by atoms with van der Waals surface area (Å²) in [5.41, 5.74) is 3.37. The van der Waals surface area contributed by atoms with Crippen molar-refractivity contribution < 1.29 is 14.1 Å². The summed E-state index contributed by atoms with van der Waals surface area (Å²) >= 11 is 0. The summed E-state index contributed by atoms with van der Waals surface area (Å²) in [6.07, 6.45) is 6.53. The Morgan fingerprint density at radius 3 is 2.89 bits per heavy atom. The van der Waals surface area contributed by atoms with Crippen molar-refractivity contribution in [2.75, 3.05) is 20.2 Å². The second kappa shape index (κ2) is 8.08. The minimum Gasteiger partial charge on any atom is -0.375 e. The number of hydrogen-bond donors (Lipinski definition) is 1. The van der Waals surface area contributed by atoms with Crippen LogP contribution in [0.4, 0.5) is 4.79 Å². The van der Waals surface area contributed by atoms with Crippen molar-refractivity contribution in [1.82, 2.24) is 20.4 Å². The molecule has 2 amide bonds. The summed E-state index contributed by atoms with van der Waals surface area (Å²) in [4.78, 5) is 19.0. The molecule has 1 aliphatic carbocycles. The number of aryl methyl sites for hydroxylation is 1. The van der Waals surface area contributed by atoms with Gasteiger partial charge in [-0.25, -0.2) is 4.79 Å². The van der Waals surface area contributed by atoms with Gasteiger partial charge in [0.25, 0.3) is 5.89 Å². The molecule has 2 aromatic rings. The van der Waals surface area contributed by atoms with Gasteiger partial charge in [0, 0.05) is 25.8 Å². The first-order valence-corrected chi connectivity index (χ1v) is 9.75. The summed E-state index contributed by atoms with van der Waals surface area (Å²) in [5, 5.41) is 7.26. The van der Waals surface area contributed by atoms with Crippen molar-refractivity contribution in [3.05, 3.63) is 35.2 Å². The van der Waals surface area contributed by atoms with Crippen LogP contribution in [-0.2, 0) is 17.8 Å². The second-order valence-corrected chi connectivity index (χ2v) is 7.30. The molecule has 0 spiro atoms. The van der Waals surface area contributed by atoms with Crippen molar-refractivity contribution in [1.29, 1.82) is 0 Å². The van der Waals surface area contributed by atoms with Crippen molar-refractivity contribution in [3.63, 3.8) is 0 Å². The van der Waals surface area contributed by atoms with Crippen LogP contribution in [0.25, 0.3) is 11.4 Å². The van der Waals surface area contributed by atoms with Gasteiger partial charge in [0.15, 0.2) is 0 Å². The summed E-state index contributed by atoms with van der Waals surface area (Å²) < 4.78 is 10.2. The van der Waals surface area contributed by atoms with Crippen LogP contribution in [0.2, 0.25) is 0 Å². The van der Waals surface area contributed by atoms with E-state index in [-0.39, 0.29) is 12.1 Å². The quantitative estimate of drug-likeness (QED) is 0.891. The molecule has 1 fully saturated rings. The molecule has 2 aliphatic rings. The van der Waals surface area contributed by atoms with Gasteiger partial charge in [0.1, 0.15) is 6.61 Å². The van der Waals surface area contributed by atoms with Gasteiger partial charge in [0.05, 0.1) is 6.04 Å². The van der Waals surface area contributed by atoms with E-state index < -0.39 is 0 Å². The lowest BCUT2D eigenvalue weighted by Crippen LogP contribution is -2.41. The van der Waals surface area contributed by atoms with E-state index in [2.05, 4.69) is 27.6 Å². The lowest BCUT2D eigenvalue weighted by atomic mass is 10.0. The number of benzene rings is 1. The number of likely N-dealkylation sites (tertiary alicyclic amines) is 1. The monoisotopic (exact) mass is 370 g/mol. The van der Waals surface area contributed by atoms with E-state index in [1.807, 2.05) is 11.0 Å². The molecule has 1 aromatic carbocycles. The first-order chi connectivity index (χ1) is 13.2. The van der Waals surface area contributed by atoms with Gasteiger partial charge in [-0.1, -0.05) is 30.1 Å². The maximum absolute atomic E-state index is 12.6. The Morgan fingerprint density at radius 1 is 1.30 bits per heavy atom. The highest BCUT2D eigenvalue weighted by atomic mass is 16.5. The smallest absolute Gasteiger partial charge is 0.317 e. The van der Waals surface area contributed by atoms with Crippen LogP contribution in [0, 0.1) is 0 Å². The minimum atomic E-state index is 0.0706. The van der Waals surface area contributed by atoms with Gasteiger partial charge in [-0.05, 0) is 42.9 Å². The molecule has 0 radical (unpaired) electrons. The van der Waals surface area contributed by atoms with Crippen molar-refractivity contribution >= 4 is 6.03 Å². The predicted octanol–water partition coefficient (Wildman–Crippen LogP) is 3.46. The first-order valence-electron chi connectivity index (χ1n) is 9.75. The molecule has 144 valence electrons. The molecular weight excluding hydrogens is 344 g/mol. The fourth-order valence-electron chi connectivity index (χ4n) is 3.97. The number of nitrogens with one attached hydrogen (secondary N) is 1. The molecule has 0 unspecified atom stereocenters. The lowest BCUT2D eigenvalue weighted by Gasteiger charge is -2.24.